The molecule has 0 spiro atoms. The van der Waals surface area contributed by atoms with Crippen LogP contribution in [0, 0.1) is 0 Å². The maximum Gasteiger partial charge on any atom is 0.254 e. The summed E-state index contributed by atoms with van der Waals surface area (Å²) >= 11 is 0. The second-order valence-corrected chi connectivity index (χ2v) is 4.56. The van der Waals surface area contributed by atoms with Crippen molar-refractivity contribution in [1.29, 1.82) is 0 Å². The van der Waals surface area contributed by atoms with Gasteiger partial charge >= 0.3 is 0 Å². The van der Waals surface area contributed by atoms with Crippen molar-refractivity contribution >= 4 is 5.91 Å². The molecule has 0 aromatic carbocycles. The summed E-state index contributed by atoms with van der Waals surface area (Å²) in [4.78, 5) is 14.1. The van der Waals surface area contributed by atoms with Gasteiger partial charge in [0, 0.05) is 25.7 Å². The molecule has 0 aromatic rings. The lowest BCUT2D eigenvalue weighted by molar-refractivity contribution is -0.152. The molecular formula is C11H22N2O2. The molecule has 4 nitrogen and oxygen atoms in total. The Morgan fingerprint density at radius 1 is 1.60 bits per heavy atom. The Kier molecular flexibility index (Phi) is 4.11. The lowest BCUT2D eigenvalue weighted by Crippen LogP contribution is -2.51. The molecule has 1 heterocycles. The standard InChI is InChI=1S/C11H22N2O2/c1-9(2)13(7-6-12)10(14)11(3)5-4-8-15-11/h9H,4-8,12H2,1-3H3. The number of carbonyl (C=O) groups excluding carboxylic acids is 1. The van der Waals surface area contributed by atoms with Gasteiger partial charge in [-0.15, -0.1) is 0 Å². The van der Waals surface area contributed by atoms with Gasteiger partial charge in [0.15, 0.2) is 0 Å². The van der Waals surface area contributed by atoms with E-state index in [0.29, 0.717) is 19.7 Å². The Morgan fingerprint density at radius 3 is 2.67 bits per heavy atom. The van der Waals surface area contributed by atoms with E-state index in [4.69, 9.17) is 10.5 Å². The first-order valence-corrected chi connectivity index (χ1v) is 5.66. The van der Waals surface area contributed by atoms with Gasteiger partial charge in [0.25, 0.3) is 5.91 Å². The van der Waals surface area contributed by atoms with E-state index in [-0.39, 0.29) is 11.9 Å². The second kappa shape index (κ2) is 4.94. The van der Waals surface area contributed by atoms with Crippen LogP contribution in [0.2, 0.25) is 0 Å². The van der Waals surface area contributed by atoms with Crippen LogP contribution in [0.25, 0.3) is 0 Å². The van der Waals surface area contributed by atoms with Gasteiger partial charge in [-0.2, -0.15) is 0 Å². The van der Waals surface area contributed by atoms with E-state index in [1.165, 1.54) is 0 Å². The van der Waals surface area contributed by atoms with Gasteiger partial charge in [-0.3, -0.25) is 4.79 Å². The first-order chi connectivity index (χ1) is 7.01. The van der Waals surface area contributed by atoms with E-state index >= 15 is 0 Å². The van der Waals surface area contributed by atoms with Crippen LogP contribution in [0.5, 0.6) is 0 Å². The fraction of sp³-hybridized carbons (Fsp3) is 0.909. The van der Waals surface area contributed by atoms with Gasteiger partial charge in [-0.05, 0) is 33.6 Å². The minimum Gasteiger partial charge on any atom is -0.365 e. The van der Waals surface area contributed by atoms with Crippen molar-refractivity contribution in [3.8, 4) is 0 Å². The minimum atomic E-state index is -0.612. The molecule has 1 amide bonds. The van der Waals surface area contributed by atoms with Crippen molar-refractivity contribution in [2.45, 2.75) is 45.3 Å². The Morgan fingerprint density at radius 2 is 2.27 bits per heavy atom. The van der Waals surface area contributed by atoms with Gasteiger partial charge < -0.3 is 15.4 Å². The summed E-state index contributed by atoms with van der Waals surface area (Å²) in [5, 5.41) is 0. The zero-order chi connectivity index (χ0) is 11.5. The average molecular weight is 214 g/mol. The van der Waals surface area contributed by atoms with Crippen molar-refractivity contribution in [3.05, 3.63) is 0 Å². The van der Waals surface area contributed by atoms with Crippen LogP contribution in [0.15, 0.2) is 0 Å². The number of carbonyl (C=O) groups is 1. The lowest BCUT2D eigenvalue weighted by Gasteiger charge is -2.33. The molecule has 1 saturated heterocycles. The van der Waals surface area contributed by atoms with E-state index in [1.807, 2.05) is 25.7 Å². The number of hydrogen-bond acceptors (Lipinski definition) is 3. The van der Waals surface area contributed by atoms with Crippen LogP contribution in [0.3, 0.4) is 0 Å². The molecular weight excluding hydrogens is 192 g/mol. The SMILES string of the molecule is CC(C)N(CCN)C(=O)C1(C)CCCO1. The Balaban J connectivity index is 2.70. The third kappa shape index (κ3) is 2.69. The smallest absolute Gasteiger partial charge is 0.254 e. The summed E-state index contributed by atoms with van der Waals surface area (Å²) in [5.41, 5.74) is 4.90. The van der Waals surface area contributed by atoms with Crippen LogP contribution in [0.1, 0.15) is 33.6 Å². The van der Waals surface area contributed by atoms with Crippen molar-refractivity contribution in [3.63, 3.8) is 0 Å². The third-order valence-corrected chi connectivity index (χ3v) is 2.93. The monoisotopic (exact) mass is 214 g/mol. The molecule has 1 aliphatic heterocycles. The number of hydrogen-bond donors (Lipinski definition) is 1. The topological polar surface area (TPSA) is 55.6 Å². The number of nitrogens with zero attached hydrogens (tertiary/aromatic N) is 1. The highest BCUT2D eigenvalue weighted by Crippen LogP contribution is 2.27. The van der Waals surface area contributed by atoms with E-state index in [1.54, 1.807) is 0 Å². The van der Waals surface area contributed by atoms with Crippen LogP contribution < -0.4 is 5.73 Å². The van der Waals surface area contributed by atoms with E-state index in [0.717, 1.165) is 12.8 Å². The van der Waals surface area contributed by atoms with Crippen LogP contribution in [0.4, 0.5) is 0 Å². The van der Waals surface area contributed by atoms with Crippen LogP contribution in [-0.4, -0.2) is 42.1 Å². The van der Waals surface area contributed by atoms with Crippen molar-refractivity contribution in [2.75, 3.05) is 19.7 Å². The fourth-order valence-electron chi connectivity index (χ4n) is 1.98. The molecule has 15 heavy (non-hydrogen) atoms. The predicted molar refractivity (Wildman–Crippen MR) is 59.5 cm³/mol. The molecule has 0 aromatic heterocycles. The zero-order valence-corrected chi connectivity index (χ0v) is 9.95. The molecule has 1 aliphatic rings. The molecule has 2 N–H and O–H groups in total. The predicted octanol–water partition coefficient (Wildman–Crippen LogP) is 0.751. The zero-order valence-electron chi connectivity index (χ0n) is 9.95. The van der Waals surface area contributed by atoms with Gasteiger partial charge in [-0.25, -0.2) is 0 Å². The summed E-state index contributed by atoms with van der Waals surface area (Å²) in [6.07, 6.45) is 1.79. The molecule has 1 atom stereocenters. The molecule has 0 saturated carbocycles. The normalized spacial score (nSPS) is 25.9. The maximum atomic E-state index is 12.2. The molecule has 1 fully saturated rings. The number of ether oxygens (including phenoxy) is 1. The van der Waals surface area contributed by atoms with Crippen molar-refractivity contribution in [2.24, 2.45) is 5.73 Å². The highest BCUT2D eigenvalue weighted by Gasteiger charge is 2.40. The highest BCUT2D eigenvalue weighted by atomic mass is 16.5. The Hall–Kier alpha value is -0.610. The number of amides is 1. The molecule has 0 aliphatic carbocycles. The fourth-order valence-corrected chi connectivity index (χ4v) is 1.98. The molecule has 1 rings (SSSR count). The van der Waals surface area contributed by atoms with Crippen molar-refractivity contribution in [1.82, 2.24) is 4.90 Å². The quantitative estimate of drug-likeness (QED) is 0.751. The average Bonchev–Trinajstić information content (AvgIpc) is 2.61. The number of rotatable bonds is 4. The summed E-state index contributed by atoms with van der Waals surface area (Å²) < 4.78 is 5.55. The number of nitrogens with two attached hydrogens (primary N) is 1. The third-order valence-electron chi connectivity index (χ3n) is 2.93. The van der Waals surface area contributed by atoms with Gasteiger partial charge in [-0.1, -0.05) is 0 Å². The van der Waals surface area contributed by atoms with Gasteiger partial charge in [0.2, 0.25) is 0 Å². The van der Waals surface area contributed by atoms with E-state index in [9.17, 15) is 4.79 Å². The molecule has 4 heteroatoms. The van der Waals surface area contributed by atoms with Gasteiger partial charge in [0.05, 0.1) is 0 Å². The largest absolute Gasteiger partial charge is 0.365 e. The molecule has 0 bridgehead atoms. The van der Waals surface area contributed by atoms with Crippen LogP contribution >= 0.6 is 0 Å². The summed E-state index contributed by atoms with van der Waals surface area (Å²) in [7, 11) is 0. The maximum absolute atomic E-state index is 12.2. The van der Waals surface area contributed by atoms with Gasteiger partial charge in [0.1, 0.15) is 5.60 Å². The van der Waals surface area contributed by atoms with Crippen molar-refractivity contribution < 1.29 is 9.53 Å². The van der Waals surface area contributed by atoms with E-state index in [2.05, 4.69) is 0 Å². The summed E-state index contributed by atoms with van der Waals surface area (Å²) in [6, 6.07) is 0.182. The first-order valence-electron chi connectivity index (χ1n) is 5.66. The Bertz CT molecular complexity index is 223. The molecule has 1 unspecified atom stereocenters. The Labute approximate surface area is 91.8 Å². The second-order valence-electron chi connectivity index (χ2n) is 4.56. The highest BCUT2D eigenvalue weighted by molar-refractivity contribution is 5.85. The minimum absolute atomic E-state index is 0.0838. The molecule has 88 valence electrons. The van der Waals surface area contributed by atoms with Crippen LogP contribution in [-0.2, 0) is 9.53 Å². The summed E-state index contributed by atoms with van der Waals surface area (Å²) in [5.74, 6) is 0.0838. The lowest BCUT2D eigenvalue weighted by atomic mass is 10.0. The molecule has 0 radical (unpaired) electrons. The summed E-state index contributed by atoms with van der Waals surface area (Å²) in [6.45, 7) is 7.69. The van der Waals surface area contributed by atoms with E-state index < -0.39 is 5.60 Å². The first kappa shape index (κ1) is 12.5.